The number of carboxylic acids is 1. The third-order valence-corrected chi connectivity index (χ3v) is 1.11. The molecule has 0 aromatic rings. The van der Waals surface area contributed by atoms with E-state index in [0.717, 1.165) is 0 Å². The molecule has 0 fully saturated rings. The Bertz CT molecular complexity index is 154. The van der Waals surface area contributed by atoms with Crippen LogP contribution in [-0.2, 0) is 4.79 Å². The van der Waals surface area contributed by atoms with E-state index in [-0.39, 0.29) is 6.42 Å². The summed E-state index contributed by atoms with van der Waals surface area (Å²) in [7, 11) is 0. The highest BCUT2D eigenvalue weighted by Gasteiger charge is 1.95. The van der Waals surface area contributed by atoms with Crippen molar-refractivity contribution in [2.45, 2.75) is 19.3 Å². The fraction of sp³-hybridized carbons (Fsp3) is 0.571. The van der Waals surface area contributed by atoms with Gasteiger partial charge in [0.25, 0.3) is 0 Å². The zero-order valence-electron chi connectivity index (χ0n) is 6.09. The molecular weight excluding hydrogens is 151 g/mol. The number of aliphatic hydroxyl groups is 1. The summed E-state index contributed by atoms with van der Waals surface area (Å²) in [6, 6.07) is 0. The van der Waals surface area contributed by atoms with E-state index in [0.29, 0.717) is 12.8 Å². The molecule has 0 aliphatic carbocycles. The van der Waals surface area contributed by atoms with E-state index in [9.17, 15) is 9.18 Å². The molecule has 64 valence electrons. The first kappa shape index (κ1) is 10.1. The molecule has 0 rings (SSSR count). The summed E-state index contributed by atoms with van der Waals surface area (Å²) in [5.41, 5.74) is 0. The van der Waals surface area contributed by atoms with E-state index in [1.807, 2.05) is 0 Å². The van der Waals surface area contributed by atoms with Crippen molar-refractivity contribution in [3.8, 4) is 0 Å². The molecule has 0 amide bonds. The van der Waals surface area contributed by atoms with Gasteiger partial charge in [0.15, 0.2) is 0 Å². The first-order valence-corrected chi connectivity index (χ1v) is 3.34. The van der Waals surface area contributed by atoms with Crippen molar-refractivity contribution in [1.82, 2.24) is 0 Å². The zero-order valence-corrected chi connectivity index (χ0v) is 6.09. The van der Waals surface area contributed by atoms with Crippen LogP contribution in [0.4, 0.5) is 4.39 Å². The molecule has 3 nitrogen and oxygen atoms in total. The molecule has 0 heterocycles. The predicted octanol–water partition coefficient (Wildman–Crippen LogP) is 1.09. The molecule has 0 atom stereocenters. The SMILES string of the molecule is O=C(O)CCC/C=C(\F)CO. The number of hydrogen-bond donors (Lipinski definition) is 2. The van der Waals surface area contributed by atoms with Gasteiger partial charge in [-0.05, 0) is 12.8 Å². The molecule has 0 aromatic heterocycles. The molecule has 0 saturated carbocycles. The highest BCUT2D eigenvalue weighted by atomic mass is 19.1. The van der Waals surface area contributed by atoms with Gasteiger partial charge in [-0.25, -0.2) is 4.39 Å². The summed E-state index contributed by atoms with van der Waals surface area (Å²) in [6.07, 6.45) is 2.00. The highest BCUT2D eigenvalue weighted by molar-refractivity contribution is 5.66. The summed E-state index contributed by atoms with van der Waals surface area (Å²) < 4.78 is 12.1. The molecule has 0 aromatic carbocycles. The fourth-order valence-electron chi connectivity index (χ4n) is 0.577. The quantitative estimate of drug-likeness (QED) is 0.595. The minimum Gasteiger partial charge on any atom is -0.481 e. The minimum absolute atomic E-state index is 0.0369. The van der Waals surface area contributed by atoms with Gasteiger partial charge in [0.05, 0.1) is 6.61 Å². The maximum absolute atomic E-state index is 12.1. The number of carboxylic acid groups (broad SMARTS) is 1. The van der Waals surface area contributed by atoms with Crippen LogP contribution in [0.1, 0.15) is 19.3 Å². The Hall–Kier alpha value is -0.900. The van der Waals surface area contributed by atoms with E-state index in [2.05, 4.69) is 0 Å². The monoisotopic (exact) mass is 162 g/mol. The molecule has 2 N–H and O–H groups in total. The minimum atomic E-state index is -0.886. The summed E-state index contributed by atoms with van der Waals surface area (Å²) >= 11 is 0. The van der Waals surface area contributed by atoms with Crippen molar-refractivity contribution in [2.75, 3.05) is 6.61 Å². The normalized spacial score (nSPS) is 11.6. The molecule has 0 spiro atoms. The van der Waals surface area contributed by atoms with Gasteiger partial charge >= 0.3 is 5.97 Å². The molecule has 0 aliphatic heterocycles. The van der Waals surface area contributed by atoms with Crippen LogP contribution in [0.5, 0.6) is 0 Å². The second kappa shape index (κ2) is 5.85. The molecule has 11 heavy (non-hydrogen) atoms. The van der Waals surface area contributed by atoms with Crippen LogP contribution >= 0.6 is 0 Å². The van der Waals surface area contributed by atoms with E-state index in [1.165, 1.54) is 6.08 Å². The lowest BCUT2D eigenvalue weighted by Gasteiger charge is -1.91. The van der Waals surface area contributed by atoms with Crippen LogP contribution in [0.15, 0.2) is 11.9 Å². The summed E-state index contributed by atoms with van der Waals surface area (Å²) in [4.78, 5) is 9.95. The van der Waals surface area contributed by atoms with E-state index >= 15 is 0 Å². The average molecular weight is 162 g/mol. The number of aliphatic hydroxyl groups excluding tert-OH is 1. The largest absolute Gasteiger partial charge is 0.481 e. The van der Waals surface area contributed by atoms with Crippen molar-refractivity contribution in [1.29, 1.82) is 0 Å². The van der Waals surface area contributed by atoms with E-state index < -0.39 is 18.4 Å². The number of allylic oxidation sites excluding steroid dienone is 1. The molecule has 0 radical (unpaired) electrons. The molecule has 0 aliphatic rings. The smallest absolute Gasteiger partial charge is 0.303 e. The van der Waals surface area contributed by atoms with Gasteiger partial charge in [0.1, 0.15) is 5.83 Å². The topological polar surface area (TPSA) is 57.5 Å². The van der Waals surface area contributed by atoms with Crippen molar-refractivity contribution in [2.24, 2.45) is 0 Å². The van der Waals surface area contributed by atoms with Crippen LogP contribution in [0.2, 0.25) is 0 Å². The van der Waals surface area contributed by atoms with Crippen LogP contribution in [0.25, 0.3) is 0 Å². The van der Waals surface area contributed by atoms with Crippen LogP contribution in [0.3, 0.4) is 0 Å². The molecule has 0 saturated heterocycles. The summed E-state index contributed by atoms with van der Waals surface area (Å²) in [5, 5.41) is 16.4. The second-order valence-corrected chi connectivity index (χ2v) is 2.10. The Morgan fingerprint density at radius 1 is 1.55 bits per heavy atom. The van der Waals surface area contributed by atoms with Gasteiger partial charge in [-0.3, -0.25) is 4.79 Å². The lowest BCUT2D eigenvalue weighted by molar-refractivity contribution is -0.137. The summed E-state index contributed by atoms with van der Waals surface area (Å²) in [5.74, 6) is -1.49. The standard InChI is InChI=1S/C7H11FO3/c8-6(5-9)3-1-2-4-7(10)11/h3,9H,1-2,4-5H2,(H,10,11)/b6-3-. The third kappa shape index (κ3) is 6.99. The number of carbonyl (C=O) groups is 1. The molecule has 0 unspecified atom stereocenters. The third-order valence-electron chi connectivity index (χ3n) is 1.11. The van der Waals surface area contributed by atoms with Crippen molar-refractivity contribution >= 4 is 5.97 Å². The number of hydrogen-bond acceptors (Lipinski definition) is 2. The zero-order chi connectivity index (χ0) is 8.69. The second-order valence-electron chi connectivity index (χ2n) is 2.10. The molecule has 4 heteroatoms. The van der Waals surface area contributed by atoms with Gasteiger partial charge in [-0.2, -0.15) is 0 Å². The lowest BCUT2D eigenvalue weighted by Crippen LogP contribution is -1.93. The first-order valence-electron chi connectivity index (χ1n) is 3.34. The Morgan fingerprint density at radius 3 is 2.64 bits per heavy atom. The van der Waals surface area contributed by atoms with E-state index in [4.69, 9.17) is 10.2 Å². The summed E-state index contributed by atoms with van der Waals surface area (Å²) in [6.45, 7) is -0.604. The first-order chi connectivity index (χ1) is 5.16. The van der Waals surface area contributed by atoms with Crippen molar-refractivity contribution in [3.05, 3.63) is 11.9 Å². The van der Waals surface area contributed by atoms with Crippen LogP contribution < -0.4 is 0 Å². The Balaban J connectivity index is 3.33. The average Bonchev–Trinajstić information content (AvgIpc) is 1.97. The predicted molar refractivity (Wildman–Crippen MR) is 37.8 cm³/mol. The Labute approximate surface area is 64.2 Å². The number of halogens is 1. The molecular formula is C7H11FO3. The number of aliphatic carboxylic acids is 1. The highest BCUT2D eigenvalue weighted by Crippen LogP contribution is 2.01. The Kier molecular flexibility index (Phi) is 5.37. The molecule has 0 bridgehead atoms. The van der Waals surface area contributed by atoms with Gasteiger partial charge in [-0.15, -0.1) is 0 Å². The van der Waals surface area contributed by atoms with Crippen molar-refractivity contribution in [3.63, 3.8) is 0 Å². The number of rotatable bonds is 5. The maximum atomic E-state index is 12.1. The Morgan fingerprint density at radius 2 is 2.18 bits per heavy atom. The van der Waals surface area contributed by atoms with E-state index in [1.54, 1.807) is 0 Å². The number of unbranched alkanes of at least 4 members (excludes halogenated alkanes) is 1. The van der Waals surface area contributed by atoms with Gasteiger partial charge in [0, 0.05) is 6.42 Å². The van der Waals surface area contributed by atoms with Gasteiger partial charge in [0.2, 0.25) is 0 Å². The van der Waals surface area contributed by atoms with Gasteiger partial charge in [-0.1, -0.05) is 6.08 Å². The van der Waals surface area contributed by atoms with Crippen LogP contribution in [0, 0.1) is 0 Å². The fourth-order valence-corrected chi connectivity index (χ4v) is 0.577. The van der Waals surface area contributed by atoms with Crippen LogP contribution in [-0.4, -0.2) is 22.8 Å². The van der Waals surface area contributed by atoms with Gasteiger partial charge < -0.3 is 10.2 Å². The lowest BCUT2D eigenvalue weighted by atomic mass is 10.2. The van der Waals surface area contributed by atoms with Crippen molar-refractivity contribution < 1.29 is 19.4 Å². The maximum Gasteiger partial charge on any atom is 0.303 e.